The summed E-state index contributed by atoms with van der Waals surface area (Å²) in [5, 5.41) is 0. The molecular weight excluding hydrogens is 368 g/mol. The quantitative estimate of drug-likeness (QED) is 0.535. The van der Waals surface area contributed by atoms with Crippen molar-refractivity contribution in [1.29, 1.82) is 0 Å². The Morgan fingerprint density at radius 2 is 0.929 bits per heavy atom. The van der Waals surface area contributed by atoms with Crippen molar-refractivity contribution in [2.45, 2.75) is 76.0 Å². The fourth-order valence-corrected chi connectivity index (χ4v) is 5.21. The van der Waals surface area contributed by atoms with E-state index in [4.69, 9.17) is 8.37 Å². The molecule has 0 spiro atoms. The molecule has 0 heterocycles. The molecule has 2 aromatic carbocycles. The average Bonchev–Trinajstić information content (AvgIpc) is 2.76. The Morgan fingerprint density at radius 3 is 1.29 bits per heavy atom. The summed E-state index contributed by atoms with van der Waals surface area (Å²) in [5.41, 5.74) is 2.72. The van der Waals surface area contributed by atoms with Gasteiger partial charge in [0.05, 0.1) is 0 Å². The fourth-order valence-electron chi connectivity index (χ4n) is 4.64. The van der Waals surface area contributed by atoms with Crippen LogP contribution in [0, 0.1) is 0 Å². The zero-order chi connectivity index (χ0) is 19.2. The Morgan fingerprint density at radius 1 is 0.571 bits per heavy atom. The van der Waals surface area contributed by atoms with Crippen LogP contribution in [0.3, 0.4) is 0 Å². The van der Waals surface area contributed by atoms with Crippen molar-refractivity contribution in [2.75, 3.05) is 0 Å². The second kappa shape index (κ2) is 9.60. The molecule has 4 heteroatoms. The van der Waals surface area contributed by atoms with Crippen molar-refractivity contribution in [1.82, 2.24) is 0 Å². The zero-order valence-corrected chi connectivity index (χ0v) is 17.3. The third kappa shape index (κ3) is 5.16. The smallest absolute Gasteiger partial charge is 0.371 e. The van der Waals surface area contributed by atoms with Crippen LogP contribution in [0.15, 0.2) is 48.5 Å². The van der Waals surface area contributed by atoms with Crippen LogP contribution in [-0.2, 0) is 11.4 Å². The number of hydrogen-bond donors (Lipinski definition) is 0. The molecule has 0 N–H and O–H groups in total. The molecule has 0 aliphatic heterocycles. The van der Waals surface area contributed by atoms with Crippen LogP contribution in [0.25, 0.3) is 0 Å². The third-order valence-electron chi connectivity index (χ3n) is 6.24. The predicted molar refractivity (Wildman–Crippen MR) is 114 cm³/mol. The van der Waals surface area contributed by atoms with Crippen molar-refractivity contribution in [3.05, 3.63) is 59.7 Å². The van der Waals surface area contributed by atoms with Crippen LogP contribution in [0.4, 0.5) is 0 Å². The zero-order valence-electron chi connectivity index (χ0n) is 16.5. The van der Waals surface area contributed by atoms with Crippen LogP contribution in [-0.4, -0.2) is 4.21 Å². The van der Waals surface area contributed by atoms with Gasteiger partial charge < -0.3 is 8.37 Å². The van der Waals surface area contributed by atoms with Gasteiger partial charge in [-0.25, -0.2) is 0 Å². The summed E-state index contributed by atoms with van der Waals surface area (Å²) in [6.45, 7) is 0. The Balaban J connectivity index is 1.30. The lowest BCUT2D eigenvalue weighted by Crippen LogP contribution is -2.09. The van der Waals surface area contributed by atoms with Gasteiger partial charge in [-0.05, 0) is 72.9 Å². The third-order valence-corrected chi connectivity index (χ3v) is 6.90. The summed E-state index contributed by atoms with van der Waals surface area (Å²) >= 11 is -1.84. The second-order valence-corrected chi connectivity index (χ2v) is 8.92. The first-order valence-corrected chi connectivity index (χ1v) is 11.8. The molecule has 2 fully saturated rings. The largest absolute Gasteiger partial charge is 0.417 e. The van der Waals surface area contributed by atoms with E-state index in [1.807, 2.05) is 24.3 Å². The van der Waals surface area contributed by atoms with Crippen LogP contribution in [0.2, 0.25) is 0 Å². The molecule has 0 saturated heterocycles. The minimum atomic E-state index is -1.84. The van der Waals surface area contributed by atoms with Gasteiger partial charge >= 0.3 is 11.4 Å². The van der Waals surface area contributed by atoms with E-state index in [-0.39, 0.29) is 0 Å². The number of benzene rings is 2. The molecule has 0 bridgehead atoms. The average molecular weight is 399 g/mol. The van der Waals surface area contributed by atoms with Gasteiger partial charge in [0.15, 0.2) is 0 Å². The molecule has 0 unspecified atom stereocenters. The molecule has 2 aliphatic carbocycles. The van der Waals surface area contributed by atoms with Gasteiger partial charge in [-0.15, -0.1) is 0 Å². The Kier molecular flexibility index (Phi) is 6.69. The highest BCUT2D eigenvalue weighted by Gasteiger charge is 2.17. The first kappa shape index (κ1) is 19.5. The fraction of sp³-hybridized carbons (Fsp3) is 0.500. The summed E-state index contributed by atoms with van der Waals surface area (Å²) in [7, 11) is 0. The molecule has 3 nitrogen and oxygen atoms in total. The lowest BCUT2D eigenvalue weighted by atomic mass is 9.84. The second-order valence-electron chi connectivity index (χ2n) is 8.18. The maximum absolute atomic E-state index is 12.2. The minimum Gasteiger partial charge on any atom is -0.371 e. The molecule has 150 valence electrons. The SMILES string of the molecule is O=S(Oc1ccc(C2CCCCC2)cc1)Oc1ccc(C2CCCCC2)cc1. The Labute approximate surface area is 171 Å². The standard InChI is InChI=1S/C24H30O3S/c25-28(26-23-15-11-21(12-16-23)19-7-3-1-4-8-19)27-24-17-13-22(14-18-24)20-9-5-2-6-10-20/h11-20H,1-10H2. The molecule has 0 amide bonds. The van der Waals surface area contributed by atoms with Gasteiger partial charge in [-0.2, -0.15) is 4.21 Å². The number of hydrogen-bond acceptors (Lipinski definition) is 3. The lowest BCUT2D eigenvalue weighted by Gasteiger charge is -2.22. The van der Waals surface area contributed by atoms with Crippen molar-refractivity contribution in [2.24, 2.45) is 0 Å². The van der Waals surface area contributed by atoms with Gasteiger partial charge in [0.2, 0.25) is 0 Å². The van der Waals surface area contributed by atoms with Crippen molar-refractivity contribution < 1.29 is 12.6 Å². The highest BCUT2D eigenvalue weighted by atomic mass is 32.2. The van der Waals surface area contributed by atoms with Crippen LogP contribution in [0.5, 0.6) is 11.5 Å². The molecule has 28 heavy (non-hydrogen) atoms. The van der Waals surface area contributed by atoms with E-state index in [9.17, 15) is 4.21 Å². The van der Waals surface area contributed by atoms with Crippen LogP contribution in [0.1, 0.15) is 87.2 Å². The van der Waals surface area contributed by atoms with Crippen molar-refractivity contribution >= 4 is 11.4 Å². The van der Waals surface area contributed by atoms with Gasteiger partial charge in [0, 0.05) is 0 Å². The monoisotopic (exact) mass is 398 g/mol. The molecule has 2 saturated carbocycles. The molecular formula is C24H30O3S. The highest BCUT2D eigenvalue weighted by molar-refractivity contribution is 7.75. The van der Waals surface area contributed by atoms with E-state index in [2.05, 4.69) is 24.3 Å². The van der Waals surface area contributed by atoms with Gasteiger partial charge in [-0.1, -0.05) is 62.8 Å². The van der Waals surface area contributed by atoms with Crippen molar-refractivity contribution in [3.8, 4) is 11.5 Å². The maximum Gasteiger partial charge on any atom is 0.417 e. The molecule has 0 radical (unpaired) electrons. The highest BCUT2D eigenvalue weighted by Crippen LogP contribution is 2.34. The Hall–Kier alpha value is -1.81. The summed E-state index contributed by atoms with van der Waals surface area (Å²) in [6, 6.07) is 16.0. The summed E-state index contributed by atoms with van der Waals surface area (Å²) < 4.78 is 23.1. The van der Waals surface area contributed by atoms with E-state index >= 15 is 0 Å². The molecule has 2 aromatic rings. The van der Waals surface area contributed by atoms with Crippen molar-refractivity contribution in [3.63, 3.8) is 0 Å². The van der Waals surface area contributed by atoms with E-state index in [0.29, 0.717) is 23.3 Å². The van der Waals surface area contributed by atoms with E-state index in [0.717, 1.165) is 0 Å². The Bertz CT molecular complexity index is 692. The van der Waals surface area contributed by atoms with E-state index in [1.165, 1.54) is 75.3 Å². The first-order chi connectivity index (χ1) is 13.8. The first-order valence-electron chi connectivity index (χ1n) is 10.8. The van der Waals surface area contributed by atoms with Gasteiger partial charge in [-0.3, -0.25) is 0 Å². The van der Waals surface area contributed by atoms with Gasteiger partial charge in [0.1, 0.15) is 11.5 Å². The van der Waals surface area contributed by atoms with Crippen LogP contribution >= 0.6 is 0 Å². The predicted octanol–water partition coefficient (Wildman–Crippen LogP) is 6.82. The normalized spacial score (nSPS) is 18.9. The molecule has 0 aromatic heterocycles. The summed E-state index contributed by atoms with van der Waals surface area (Å²) in [6.07, 6.45) is 13.1. The van der Waals surface area contributed by atoms with E-state index < -0.39 is 11.4 Å². The van der Waals surface area contributed by atoms with Gasteiger partial charge in [0.25, 0.3) is 0 Å². The lowest BCUT2D eigenvalue weighted by molar-refractivity contribution is 0.441. The number of rotatable bonds is 6. The summed E-state index contributed by atoms with van der Waals surface area (Å²) in [4.78, 5) is 0. The molecule has 0 atom stereocenters. The van der Waals surface area contributed by atoms with Crippen LogP contribution < -0.4 is 8.37 Å². The summed E-state index contributed by atoms with van der Waals surface area (Å²) in [5.74, 6) is 2.48. The topological polar surface area (TPSA) is 35.5 Å². The van der Waals surface area contributed by atoms with E-state index in [1.54, 1.807) is 0 Å². The minimum absolute atomic E-state index is 0.580. The molecule has 2 aliphatic rings. The maximum atomic E-state index is 12.2. The molecule has 4 rings (SSSR count).